The van der Waals surface area contributed by atoms with Crippen molar-refractivity contribution in [1.29, 1.82) is 0 Å². The lowest BCUT2D eigenvalue weighted by molar-refractivity contribution is 1.13. The van der Waals surface area contributed by atoms with E-state index >= 15 is 0 Å². The highest BCUT2D eigenvalue weighted by atomic mass is 15.1. The van der Waals surface area contributed by atoms with Crippen LogP contribution in [-0.4, -0.2) is 21.1 Å². The first kappa shape index (κ1) is 7.74. The third-order valence-electron chi connectivity index (χ3n) is 1.49. The summed E-state index contributed by atoms with van der Waals surface area (Å²) in [7, 11) is 5.86. The summed E-state index contributed by atoms with van der Waals surface area (Å²) < 4.78 is 0. The summed E-state index contributed by atoms with van der Waals surface area (Å²) in [4.78, 5) is 2.00. The van der Waals surface area contributed by atoms with Crippen molar-refractivity contribution in [3.05, 3.63) is 24.3 Å². The summed E-state index contributed by atoms with van der Waals surface area (Å²) in [6.45, 7) is 0. The maximum Gasteiger partial charge on any atom is 0.0898 e. The number of hydrogen-bond donors (Lipinski definition) is 1. The second-order valence-corrected chi connectivity index (χ2v) is 2.54. The molecule has 11 heavy (non-hydrogen) atoms. The lowest BCUT2D eigenvalue weighted by Gasteiger charge is -2.09. The van der Waals surface area contributed by atoms with Crippen molar-refractivity contribution in [2.45, 2.75) is 0 Å². The average Bonchev–Trinajstić information content (AvgIpc) is 2.05. The minimum Gasteiger partial charge on any atom is -0.388 e. The molecule has 0 spiro atoms. The van der Waals surface area contributed by atoms with Crippen molar-refractivity contribution < 1.29 is 0 Å². The summed E-state index contributed by atoms with van der Waals surface area (Å²) >= 11 is 0. The van der Waals surface area contributed by atoms with Crippen molar-refractivity contribution in [3.63, 3.8) is 0 Å². The minimum atomic E-state index is 1.04. The van der Waals surface area contributed by atoms with Crippen LogP contribution in [0.3, 0.4) is 0 Å². The molecule has 2 nitrogen and oxygen atoms in total. The fraction of sp³-hybridized carbons (Fsp3) is 0.333. The van der Waals surface area contributed by atoms with Gasteiger partial charge in [-0.1, -0.05) is 6.07 Å². The zero-order valence-corrected chi connectivity index (χ0v) is 7.10. The van der Waals surface area contributed by atoms with E-state index in [1.54, 1.807) is 0 Å². The molecule has 58 valence electrons. The number of nitrogens with zero attached hydrogens (tertiary/aromatic N) is 1. The van der Waals surface area contributed by atoms with Crippen LogP contribution in [-0.2, 0) is 0 Å². The molecule has 0 saturated carbocycles. The largest absolute Gasteiger partial charge is 0.388 e. The van der Waals surface area contributed by atoms with Crippen LogP contribution in [0.25, 0.3) is 0 Å². The van der Waals surface area contributed by atoms with Crippen molar-refractivity contribution in [2.75, 3.05) is 31.4 Å². The molecule has 0 radical (unpaired) electrons. The lowest BCUT2D eigenvalue weighted by atomic mass is 10.3. The van der Waals surface area contributed by atoms with Crippen LogP contribution in [0.15, 0.2) is 12.1 Å². The molecule has 0 aliphatic heterocycles. The molecule has 1 N–H and O–H groups in total. The van der Waals surface area contributed by atoms with E-state index in [-0.39, 0.29) is 0 Å². The van der Waals surface area contributed by atoms with Crippen LogP contribution < -0.4 is 10.2 Å². The lowest BCUT2D eigenvalue weighted by Crippen LogP contribution is -2.08. The van der Waals surface area contributed by atoms with Crippen LogP contribution in [0.5, 0.6) is 0 Å². The summed E-state index contributed by atoms with van der Waals surface area (Å²) in [5.74, 6) is 0. The van der Waals surface area contributed by atoms with Gasteiger partial charge < -0.3 is 10.2 Å². The third kappa shape index (κ3) is 1.78. The first-order chi connectivity index (χ1) is 5.24. The van der Waals surface area contributed by atoms with Crippen molar-refractivity contribution in [2.24, 2.45) is 0 Å². The quantitative estimate of drug-likeness (QED) is 0.682. The van der Waals surface area contributed by atoms with E-state index in [0.29, 0.717) is 0 Å². The number of hydrogen-bond acceptors (Lipinski definition) is 2. The van der Waals surface area contributed by atoms with Gasteiger partial charge in [-0.3, -0.25) is 0 Å². The van der Waals surface area contributed by atoms with Crippen molar-refractivity contribution in [1.82, 2.24) is 0 Å². The van der Waals surface area contributed by atoms with Crippen molar-refractivity contribution in [3.8, 4) is 0 Å². The minimum absolute atomic E-state index is 1.04. The van der Waals surface area contributed by atoms with Gasteiger partial charge in [0.25, 0.3) is 0 Å². The highest BCUT2D eigenvalue weighted by molar-refractivity contribution is 5.54. The van der Waals surface area contributed by atoms with Crippen LogP contribution >= 0.6 is 0 Å². The Morgan fingerprint density at radius 1 is 1.45 bits per heavy atom. The van der Waals surface area contributed by atoms with Gasteiger partial charge in [0, 0.05) is 32.9 Å². The Bertz CT molecular complexity index is 231. The second-order valence-electron chi connectivity index (χ2n) is 2.54. The highest BCUT2D eigenvalue weighted by Gasteiger charge is 1.93. The summed E-state index contributed by atoms with van der Waals surface area (Å²) in [5, 5.41) is 3.04. The molecule has 1 aromatic rings. The first-order valence-corrected chi connectivity index (χ1v) is 3.52. The summed E-state index contributed by atoms with van der Waals surface area (Å²) in [5.41, 5.74) is 2.10. The van der Waals surface area contributed by atoms with E-state index in [1.165, 1.54) is 0 Å². The van der Waals surface area contributed by atoms with E-state index in [9.17, 15) is 0 Å². The monoisotopic (exact) mass is 148 g/mol. The highest BCUT2D eigenvalue weighted by Crippen LogP contribution is 2.12. The van der Waals surface area contributed by atoms with Gasteiger partial charge in [-0.15, -0.1) is 0 Å². The zero-order valence-electron chi connectivity index (χ0n) is 7.10. The Kier molecular flexibility index (Phi) is 2.22. The second kappa shape index (κ2) is 3.16. The van der Waals surface area contributed by atoms with Gasteiger partial charge in [0.05, 0.1) is 5.69 Å². The number of rotatable bonds is 2. The van der Waals surface area contributed by atoms with E-state index in [0.717, 1.165) is 11.4 Å². The van der Waals surface area contributed by atoms with Gasteiger partial charge in [0.2, 0.25) is 0 Å². The van der Waals surface area contributed by atoms with E-state index < -0.39 is 0 Å². The molecule has 0 amide bonds. The Hall–Kier alpha value is -1.36. The molecular weight excluding hydrogens is 136 g/mol. The SMILES string of the molecule is CNc1cc#cc(N(C)C)c1. The molecule has 0 fully saturated rings. The molecule has 0 aliphatic rings. The van der Waals surface area contributed by atoms with Gasteiger partial charge in [0.1, 0.15) is 0 Å². The normalized spacial score (nSPS) is 8.64. The van der Waals surface area contributed by atoms with Crippen LogP contribution in [0.1, 0.15) is 0 Å². The van der Waals surface area contributed by atoms with E-state index in [1.807, 2.05) is 38.2 Å². The zero-order chi connectivity index (χ0) is 8.27. The van der Waals surface area contributed by atoms with Crippen molar-refractivity contribution >= 4 is 11.4 Å². The van der Waals surface area contributed by atoms with E-state index in [4.69, 9.17) is 0 Å². The molecule has 0 atom stereocenters. The standard InChI is InChI=1S/C9H12N2/c1-10-8-5-4-6-9(7-8)11(2)3/h5,7,10H,1-3H3. The van der Waals surface area contributed by atoms with Crippen LogP contribution in [0, 0.1) is 12.1 Å². The van der Waals surface area contributed by atoms with Gasteiger partial charge >= 0.3 is 0 Å². The Labute approximate surface area is 67.8 Å². The fourth-order valence-corrected chi connectivity index (χ4v) is 0.798. The predicted octanol–water partition coefficient (Wildman–Crippen LogP) is 1.39. The van der Waals surface area contributed by atoms with Gasteiger partial charge in [0.15, 0.2) is 0 Å². The fourth-order valence-electron chi connectivity index (χ4n) is 0.798. The number of nitrogens with one attached hydrogen (secondary N) is 1. The maximum atomic E-state index is 3.04. The Morgan fingerprint density at radius 2 is 2.18 bits per heavy atom. The maximum absolute atomic E-state index is 3.04. The summed E-state index contributed by atoms with van der Waals surface area (Å²) in [6, 6.07) is 9.83. The first-order valence-electron chi connectivity index (χ1n) is 3.52. The molecule has 1 aromatic carbocycles. The molecule has 0 saturated heterocycles. The molecule has 1 rings (SSSR count). The topological polar surface area (TPSA) is 15.3 Å². The van der Waals surface area contributed by atoms with Crippen LogP contribution in [0.4, 0.5) is 11.4 Å². The molecule has 0 heterocycles. The van der Waals surface area contributed by atoms with Gasteiger partial charge in [-0.2, -0.15) is 0 Å². The molecule has 0 aliphatic carbocycles. The van der Waals surface area contributed by atoms with Crippen LogP contribution in [0.2, 0.25) is 0 Å². The van der Waals surface area contributed by atoms with E-state index in [2.05, 4.69) is 17.4 Å². The van der Waals surface area contributed by atoms with Gasteiger partial charge in [-0.05, 0) is 12.1 Å². The third-order valence-corrected chi connectivity index (χ3v) is 1.49. The molecule has 0 unspecified atom stereocenters. The Balaban J connectivity index is 2.91. The number of anilines is 2. The molecular formula is C9H12N2. The van der Waals surface area contributed by atoms with Gasteiger partial charge in [-0.25, -0.2) is 0 Å². The summed E-state index contributed by atoms with van der Waals surface area (Å²) in [6.07, 6.45) is 0. The Morgan fingerprint density at radius 3 is 2.73 bits per heavy atom. The predicted molar refractivity (Wildman–Crippen MR) is 48.0 cm³/mol. The average molecular weight is 148 g/mol. The smallest absolute Gasteiger partial charge is 0.0898 e. The molecule has 2 heteroatoms. The molecule has 0 bridgehead atoms. The molecule has 0 aromatic heterocycles.